The smallest absolute Gasteiger partial charge is 0.106 e. The number of benzene rings is 1. The van der Waals surface area contributed by atoms with Crippen molar-refractivity contribution in [2.75, 3.05) is 5.32 Å². The molecule has 3 heteroatoms. The molecule has 2 aliphatic carbocycles. The first-order chi connectivity index (χ1) is 10.3. The van der Waals surface area contributed by atoms with E-state index < -0.39 is 0 Å². The first-order valence-corrected chi connectivity index (χ1v) is 8.54. The molecule has 1 saturated carbocycles. The molecule has 0 saturated heterocycles. The summed E-state index contributed by atoms with van der Waals surface area (Å²) in [7, 11) is 0. The van der Waals surface area contributed by atoms with Crippen LogP contribution in [-0.4, -0.2) is 11.0 Å². The Labute approximate surface area is 134 Å². The van der Waals surface area contributed by atoms with Gasteiger partial charge in [-0.25, -0.2) is 4.98 Å². The molecule has 2 bridgehead atoms. The first-order valence-electron chi connectivity index (χ1n) is 7.74. The van der Waals surface area contributed by atoms with Crippen LogP contribution < -0.4 is 5.32 Å². The van der Waals surface area contributed by atoms with Gasteiger partial charge in [0.05, 0.1) is 11.9 Å². The van der Waals surface area contributed by atoms with Crippen LogP contribution in [0.15, 0.2) is 47.2 Å². The van der Waals surface area contributed by atoms with Crippen LogP contribution in [0, 0.1) is 11.8 Å². The van der Waals surface area contributed by atoms with E-state index in [-0.39, 0.29) is 0 Å². The van der Waals surface area contributed by atoms with Crippen molar-refractivity contribution in [3.8, 4) is 0 Å². The molecule has 21 heavy (non-hydrogen) atoms. The van der Waals surface area contributed by atoms with Crippen molar-refractivity contribution in [1.29, 1.82) is 0 Å². The summed E-state index contributed by atoms with van der Waals surface area (Å²) in [5.74, 6) is 1.50. The third kappa shape index (κ3) is 2.59. The molecule has 2 nitrogen and oxygen atoms in total. The van der Waals surface area contributed by atoms with Crippen molar-refractivity contribution in [3.05, 3.63) is 58.3 Å². The number of rotatable bonds is 2. The van der Waals surface area contributed by atoms with Gasteiger partial charge in [0.1, 0.15) is 4.60 Å². The Hall–Kier alpha value is -1.35. The molecule has 1 N–H and O–H groups in total. The molecule has 0 radical (unpaired) electrons. The minimum absolute atomic E-state index is 0.584. The number of hydrogen-bond acceptors (Lipinski definition) is 2. The molecule has 4 rings (SSSR count). The average Bonchev–Trinajstić information content (AvgIpc) is 2.76. The van der Waals surface area contributed by atoms with Crippen LogP contribution in [0.25, 0.3) is 0 Å². The predicted octanol–water partition coefficient (Wildman–Crippen LogP) is 4.45. The average molecular weight is 343 g/mol. The highest BCUT2D eigenvalue weighted by atomic mass is 79.9. The number of fused-ring (bicyclic) bond motifs is 3. The van der Waals surface area contributed by atoms with E-state index in [0.717, 1.165) is 22.1 Å². The van der Waals surface area contributed by atoms with E-state index in [4.69, 9.17) is 0 Å². The maximum Gasteiger partial charge on any atom is 0.106 e. The van der Waals surface area contributed by atoms with Crippen LogP contribution in [-0.2, 0) is 12.8 Å². The Morgan fingerprint density at radius 1 is 0.952 bits per heavy atom. The van der Waals surface area contributed by atoms with Crippen molar-refractivity contribution in [3.63, 3.8) is 0 Å². The highest BCUT2D eigenvalue weighted by molar-refractivity contribution is 9.10. The van der Waals surface area contributed by atoms with Gasteiger partial charge in [0.15, 0.2) is 0 Å². The maximum atomic E-state index is 4.33. The van der Waals surface area contributed by atoms with Crippen LogP contribution in [0.1, 0.15) is 24.0 Å². The summed E-state index contributed by atoms with van der Waals surface area (Å²) in [4.78, 5) is 4.33. The Balaban J connectivity index is 1.59. The Bertz CT molecular complexity index is 605. The summed E-state index contributed by atoms with van der Waals surface area (Å²) < 4.78 is 0.893. The monoisotopic (exact) mass is 342 g/mol. The standard InChI is InChI=1S/C18H19BrN2/c19-17-8-7-16(11-20-17)21-18-14-5-6-15(18)10-13-4-2-1-3-12(13)9-14/h1-4,7-8,11,14-15,18,21H,5-6,9-10H2. The highest BCUT2D eigenvalue weighted by Gasteiger charge is 2.38. The number of pyridine rings is 1. The normalized spacial score (nSPS) is 27.0. The molecule has 2 atom stereocenters. The Morgan fingerprint density at radius 3 is 2.19 bits per heavy atom. The lowest BCUT2D eigenvalue weighted by atomic mass is 9.94. The van der Waals surface area contributed by atoms with Crippen molar-refractivity contribution < 1.29 is 0 Å². The van der Waals surface area contributed by atoms with Gasteiger partial charge in [0.25, 0.3) is 0 Å². The molecule has 1 fully saturated rings. The molecule has 1 heterocycles. The third-order valence-electron chi connectivity index (χ3n) is 5.07. The molecular formula is C18H19BrN2. The van der Waals surface area contributed by atoms with E-state index in [1.807, 2.05) is 12.3 Å². The van der Waals surface area contributed by atoms with Crippen molar-refractivity contribution in [1.82, 2.24) is 4.98 Å². The number of halogens is 1. The zero-order valence-corrected chi connectivity index (χ0v) is 13.5. The van der Waals surface area contributed by atoms with Crippen molar-refractivity contribution in [2.45, 2.75) is 31.7 Å². The summed E-state index contributed by atoms with van der Waals surface area (Å²) in [5, 5.41) is 3.76. The number of anilines is 1. The molecule has 0 aliphatic heterocycles. The molecule has 2 aliphatic rings. The van der Waals surface area contributed by atoms with Crippen molar-refractivity contribution in [2.24, 2.45) is 11.8 Å². The van der Waals surface area contributed by atoms with Gasteiger partial charge in [-0.15, -0.1) is 0 Å². The molecule has 2 aromatic rings. The zero-order chi connectivity index (χ0) is 14.2. The van der Waals surface area contributed by atoms with E-state index in [9.17, 15) is 0 Å². The minimum Gasteiger partial charge on any atom is -0.380 e. The largest absolute Gasteiger partial charge is 0.380 e. The zero-order valence-electron chi connectivity index (χ0n) is 11.9. The topological polar surface area (TPSA) is 24.9 Å². The molecule has 0 spiro atoms. The predicted molar refractivity (Wildman–Crippen MR) is 89.4 cm³/mol. The van der Waals surface area contributed by atoms with Crippen LogP contribution in [0.5, 0.6) is 0 Å². The van der Waals surface area contributed by atoms with E-state index >= 15 is 0 Å². The van der Waals surface area contributed by atoms with Gasteiger partial charge in [-0.2, -0.15) is 0 Å². The van der Waals surface area contributed by atoms with Crippen LogP contribution in [0.4, 0.5) is 5.69 Å². The fourth-order valence-corrected chi connectivity index (χ4v) is 4.27. The second-order valence-electron chi connectivity index (χ2n) is 6.31. The lowest BCUT2D eigenvalue weighted by Gasteiger charge is -2.24. The van der Waals surface area contributed by atoms with Crippen LogP contribution in [0.2, 0.25) is 0 Å². The first kappa shape index (κ1) is 13.3. The second-order valence-corrected chi connectivity index (χ2v) is 7.13. The summed E-state index contributed by atoms with van der Waals surface area (Å²) >= 11 is 3.40. The maximum absolute atomic E-state index is 4.33. The van der Waals surface area contributed by atoms with E-state index in [0.29, 0.717) is 6.04 Å². The molecule has 0 amide bonds. The van der Waals surface area contributed by atoms with Gasteiger partial charge in [0.2, 0.25) is 0 Å². The van der Waals surface area contributed by atoms with Gasteiger partial charge in [0, 0.05) is 6.04 Å². The molecular weight excluding hydrogens is 324 g/mol. The third-order valence-corrected chi connectivity index (χ3v) is 5.54. The van der Waals surface area contributed by atoms with E-state index in [1.54, 1.807) is 11.1 Å². The lowest BCUT2D eigenvalue weighted by Crippen LogP contribution is -2.30. The summed E-state index contributed by atoms with van der Waals surface area (Å²) in [5.41, 5.74) is 4.27. The van der Waals surface area contributed by atoms with E-state index in [1.165, 1.54) is 25.7 Å². The SMILES string of the molecule is Brc1ccc(NC2C3CCC2Cc2ccccc2C3)cn1. The molecule has 2 unspecified atom stereocenters. The van der Waals surface area contributed by atoms with E-state index in [2.05, 4.69) is 56.6 Å². The fraction of sp³-hybridized carbons (Fsp3) is 0.389. The molecule has 1 aromatic carbocycles. The van der Waals surface area contributed by atoms with Crippen LogP contribution in [0.3, 0.4) is 0 Å². The van der Waals surface area contributed by atoms with Gasteiger partial charge < -0.3 is 5.32 Å². The van der Waals surface area contributed by atoms with Gasteiger partial charge in [-0.3, -0.25) is 0 Å². The molecule has 108 valence electrons. The number of nitrogens with zero attached hydrogens (tertiary/aromatic N) is 1. The van der Waals surface area contributed by atoms with Gasteiger partial charge in [-0.1, -0.05) is 24.3 Å². The highest BCUT2D eigenvalue weighted by Crippen LogP contribution is 2.41. The number of hydrogen-bond donors (Lipinski definition) is 1. The summed E-state index contributed by atoms with van der Waals surface area (Å²) in [6.07, 6.45) is 7.06. The van der Waals surface area contributed by atoms with Crippen LogP contribution >= 0.6 is 15.9 Å². The summed E-state index contributed by atoms with van der Waals surface area (Å²) in [6, 6.07) is 13.7. The van der Waals surface area contributed by atoms with Gasteiger partial charge >= 0.3 is 0 Å². The number of aromatic nitrogens is 1. The fourth-order valence-electron chi connectivity index (χ4n) is 4.04. The lowest BCUT2D eigenvalue weighted by molar-refractivity contribution is 0.449. The minimum atomic E-state index is 0.584. The summed E-state index contributed by atoms with van der Waals surface area (Å²) in [6.45, 7) is 0. The Morgan fingerprint density at radius 2 is 1.62 bits per heavy atom. The van der Waals surface area contributed by atoms with Crippen molar-refractivity contribution >= 4 is 21.6 Å². The second kappa shape index (κ2) is 5.45. The quantitative estimate of drug-likeness (QED) is 0.815. The molecule has 1 aromatic heterocycles. The Kier molecular flexibility index (Phi) is 3.46. The number of nitrogens with one attached hydrogen (secondary N) is 1. The van der Waals surface area contributed by atoms with Gasteiger partial charge in [-0.05, 0) is 76.7 Å².